The standard InChI is InChI=1S/C16H26N4O2/c1-13-11-19(12-14(10-18)6-5-7-17)8-9-20(13)15(21)22-16(2,3)4/h13-14H,5-6,8-9,11-12H2,1-4H3/t13-,14?/m1/s1. The number of nitrogens with zero attached hydrogens (tertiary/aromatic N) is 4. The molecule has 0 radical (unpaired) electrons. The fourth-order valence-corrected chi connectivity index (χ4v) is 2.54. The number of ether oxygens (including phenoxy) is 1. The highest BCUT2D eigenvalue weighted by molar-refractivity contribution is 5.68. The molecule has 22 heavy (non-hydrogen) atoms. The van der Waals surface area contributed by atoms with Crippen molar-refractivity contribution in [2.24, 2.45) is 5.92 Å². The van der Waals surface area contributed by atoms with Gasteiger partial charge in [0.2, 0.25) is 0 Å². The lowest BCUT2D eigenvalue weighted by Crippen LogP contribution is -2.55. The minimum Gasteiger partial charge on any atom is -0.444 e. The molecule has 6 nitrogen and oxygen atoms in total. The first-order valence-corrected chi connectivity index (χ1v) is 7.75. The van der Waals surface area contributed by atoms with Gasteiger partial charge in [-0.25, -0.2) is 4.79 Å². The summed E-state index contributed by atoms with van der Waals surface area (Å²) in [4.78, 5) is 16.1. The van der Waals surface area contributed by atoms with Crippen molar-refractivity contribution in [3.05, 3.63) is 0 Å². The van der Waals surface area contributed by atoms with E-state index >= 15 is 0 Å². The van der Waals surface area contributed by atoms with E-state index in [1.807, 2.05) is 27.7 Å². The highest BCUT2D eigenvalue weighted by atomic mass is 16.6. The molecule has 1 aliphatic heterocycles. The van der Waals surface area contributed by atoms with Crippen molar-refractivity contribution in [1.82, 2.24) is 9.80 Å². The third kappa shape index (κ3) is 5.91. The van der Waals surface area contributed by atoms with E-state index in [1.165, 1.54) is 0 Å². The molecule has 1 saturated heterocycles. The normalized spacial score (nSPS) is 20.8. The molecule has 122 valence electrons. The highest BCUT2D eigenvalue weighted by Gasteiger charge is 2.31. The summed E-state index contributed by atoms with van der Waals surface area (Å²) in [6.07, 6.45) is 0.736. The Balaban J connectivity index is 2.50. The van der Waals surface area contributed by atoms with Crippen LogP contribution in [0.4, 0.5) is 4.79 Å². The second kappa shape index (κ2) is 8.00. The first kappa shape index (κ1) is 18.3. The molecule has 1 aliphatic rings. The summed E-state index contributed by atoms with van der Waals surface area (Å²) < 4.78 is 5.42. The van der Waals surface area contributed by atoms with E-state index in [2.05, 4.69) is 17.0 Å². The number of hydrogen-bond donors (Lipinski definition) is 0. The van der Waals surface area contributed by atoms with Gasteiger partial charge in [-0.1, -0.05) is 0 Å². The summed E-state index contributed by atoms with van der Waals surface area (Å²) >= 11 is 0. The molecule has 1 rings (SSSR count). The Hall–Kier alpha value is -1.79. The summed E-state index contributed by atoms with van der Waals surface area (Å²) in [6, 6.07) is 4.40. The van der Waals surface area contributed by atoms with Crippen LogP contribution >= 0.6 is 0 Å². The molecule has 0 aromatic rings. The molecule has 1 amide bonds. The molecule has 0 aromatic carbocycles. The van der Waals surface area contributed by atoms with Crippen LogP contribution in [0.1, 0.15) is 40.5 Å². The Labute approximate surface area is 133 Å². The van der Waals surface area contributed by atoms with Crippen LogP contribution in [0.3, 0.4) is 0 Å². The van der Waals surface area contributed by atoms with Gasteiger partial charge in [0.25, 0.3) is 0 Å². The van der Waals surface area contributed by atoms with E-state index in [4.69, 9.17) is 15.3 Å². The fraction of sp³-hybridized carbons (Fsp3) is 0.812. The Morgan fingerprint density at radius 2 is 2.05 bits per heavy atom. The maximum Gasteiger partial charge on any atom is 0.410 e. The van der Waals surface area contributed by atoms with E-state index in [9.17, 15) is 4.79 Å². The van der Waals surface area contributed by atoms with E-state index < -0.39 is 5.60 Å². The summed E-state index contributed by atoms with van der Waals surface area (Å²) in [5.74, 6) is -0.125. The Morgan fingerprint density at radius 3 is 2.55 bits per heavy atom. The van der Waals surface area contributed by atoms with Crippen LogP contribution in [0.15, 0.2) is 0 Å². The summed E-state index contributed by atoms with van der Waals surface area (Å²) in [7, 11) is 0. The van der Waals surface area contributed by atoms with Crippen molar-refractivity contribution >= 4 is 6.09 Å². The zero-order valence-electron chi connectivity index (χ0n) is 14.0. The lowest BCUT2D eigenvalue weighted by Gasteiger charge is -2.40. The molecule has 2 atom stereocenters. The van der Waals surface area contributed by atoms with Crippen molar-refractivity contribution in [3.8, 4) is 12.1 Å². The lowest BCUT2D eigenvalue weighted by molar-refractivity contribution is 0.000475. The van der Waals surface area contributed by atoms with Crippen LogP contribution in [0, 0.1) is 28.6 Å². The molecule has 1 fully saturated rings. The summed E-state index contributed by atoms with van der Waals surface area (Å²) in [5, 5.41) is 17.8. The van der Waals surface area contributed by atoms with Crippen LogP contribution in [0.5, 0.6) is 0 Å². The van der Waals surface area contributed by atoms with Gasteiger partial charge >= 0.3 is 6.09 Å². The minimum absolute atomic E-state index is 0.0545. The molecule has 0 bridgehead atoms. The number of amides is 1. The van der Waals surface area contributed by atoms with E-state index in [0.717, 1.165) is 13.1 Å². The third-order valence-electron chi connectivity index (χ3n) is 3.61. The van der Waals surface area contributed by atoms with Crippen LogP contribution < -0.4 is 0 Å². The van der Waals surface area contributed by atoms with Gasteiger partial charge in [0.1, 0.15) is 5.60 Å². The van der Waals surface area contributed by atoms with Crippen molar-refractivity contribution in [1.29, 1.82) is 10.5 Å². The van der Waals surface area contributed by atoms with Gasteiger partial charge in [0, 0.05) is 38.6 Å². The number of hydrogen-bond acceptors (Lipinski definition) is 5. The van der Waals surface area contributed by atoms with Crippen LogP contribution in [-0.2, 0) is 4.74 Å². The van der Waals surface area contributed by atoms with Gasteiger partial charge < -0.3 is 9.64 Å². The van der Waals surface area contributed by atoms with Crippen molar-refractivity contribution in [2.75, 3.05) is 26.2 Å². The average Bonchev–Trinajstić information content (AvgIpc) is 2.41. The molecule has 0 aliphatic carbocycles. The molecule has 6 heteroatoms. The summed E-state index contributed by atoms with van der Waals surface area (Å²) in [6.45, 7) is 10.3. The quantitative estimate of drug-likeness (QED) is 0.796. The molecule has 1 unspecified atom stereocenters. The second-order valence-electron chi connectivity index (χ2n) is 6.81. The first-order chi connectivity index (χ1) is 10.3. The fourth-order valence-electron chi connectivity index (χ4n) is 2.54. The second-order valence-corrected chi connectivity index (χ2v) is 6.81. The average molecular weight is 306 g/mol. The molecule has 0 aromatic heterocycles. The van der Waals surface area contributed by atoms with Crippen molar-refractivity contribution in [2.45, 2.75) is 52.2 Å². The molecular formula is C16H26N4O2. The van der Waals surface area contributed by atoms with Crippen LogP contribution in [0.2, 0.25) is 0 Å². The molecule has 0 spiro atoms. The largest absolute Gasteiger partial charge is 0.444 e. The van der Waals surface area contributed by atoms with Crippen molar-refractivity contribution in [3.63, 3.8) is 0 Å². The third-order valence-corrected chi connectivity index (χ3v) is 3.61. The predicted octanol–water partition coefficient (Wildman–Crippen LogP) is 2.37. The molecule has 0 saturated carbocycles. The number of nitriles is 2. The SMILES string of the molecule is C[C@@H]1CN(CC(C#N)CCC#N)CCN1C(=O)OC(C)(C)C. The van der Waals surface area contributed by atoms with E-state index in [0.29, 0.717) is 25.9 Å². The zero-order chi connectivity index (χ0) is 16.8. The highest BCUT2D eigenvalue weighted by Crippen LogP contribution is 2.17. The van der Waals surface area contributed by atoms with Crippen molar-refractivity contribution < 1.29 is 9.53 Å². The van der Waals surface area contributed by atoms with Gasteiger partial charge in [0.05, 0.1) is 18.1 Å². The zero-order valence-corrected chi connectivity index (χ0v) is 14.0. The smallest absolute Gasteiger partial charge is 0.410 e. The van der Waals surface area contributed by atoms with Gasteiger partial charge in [-0.2, -0.15) is 10.5 Å². The molecular weight excluding hydrogens is 280 g/mol. The maximum absolute atomic E-state index is 12.1. The van der Waals surface area contributed by atoms with Gasteiger partial charge in [-0.15, -0.1) is 0 Å². The molecule has 1 heterocycles. The predicted molar refractivity (Wildman–Crippen MR) is 82.8 cm³/mol. The molecule has 0 N–H and O–H groups in total. The summed E-state index contributed by atoms with van der Waals surface area (Å²) in [5.41, 5.74) is -0.489. The van der Waals surface area contributed by atoms with Crippen LogP contribution in [-0.4, -0.2) is 53.7 Å². The lowest BCUT2D eigenvalue weighted by atomic mass is 10.0. The van der Waals surface area contributed by atoms with Crippen LogP contribution in [0.25, 0.3) is 0 Å². The Kier molecular flexibility index (Phi) is 6.64. The Bertz CT molecular complexity index is 458. The maximum atomic E-state index is 12.1. The number of piperazine rings is 1. The van der Waals surface area contributed by atoms with Gasteiger partial charge in [0.15, 0.2) is 0 Å². The van der Waals surface area contributed by atoms with Gasteiger partial charge in [-0.05, 0) is 34.1 Å². The number of carbonyl (C=O) groups is 1. The topological polar surface area (TPSA) is 80.4 Å². The van der Waals surface area contributed by atoms with Gasteiger partial charge in [-0.3, -0.25) is 4.90 Å². The monoisotopic (exact) mass is 306 g/mol. The number of rotatable bonds is 4. The Morgan fingerprint density at radius 1 is 1.36 bits per heavy atom. The first-order valence-electron chi connectivity index (χ1n) is 7.75. The minimum atomic E-state index is -0.489. The van der Waals surface area contributed by atoms with E-state index in [-0.39, 0.29) is 18.1 Å². The number of carbonyl (C=O) groups excluding carboxylic acids is 1. The van der Waals surface area contributed by atoms with E-state index in [1.54, 1.807) is 4.90 Å².